The van der Waals surface area contributed by atoms with Gasteiger partial charge in [-0.05, 0) is 19.3 Å². The molecule has 0 spiro atoms. The van der Waals surface area contributed by atoms with Gasteiger partial charge in [-0.2, -0.15) is 5.10 Å². The lowest BCUT2D eigenvalue weighted by molar-refractivity contribution is 0.0162. The summed E-state index contributed by atoms with van der Waals surface area (Å²) >= 11 is 0. The molecule has 0 aromatic carbocycles. The maximum absolute atomic E-state index is 5.71. The molecule has 1 unspecified atom stereocenters. The fourth-order valence-corrected chi connectivity index (χ4v) is 2.24. The summed E-state index contributed by atoms with van der Waals surface area (Å²) in [4.78, 5) is 4.23. The van der Waals surface area contributed by atoms with Crippen LogP contribution in [0.2, 0.25) is 0 Å². The number of anilines is 1. The minimum atomic E-state index is 0.311. The van der Waals surface area contributed by atoms with Crippen molar-refractivity contribution >= 4 is 11.3 Å². The van der Waals surface area contributed by atoms with Gasteiger partial charge in [-0.1, -0.05) is 0 Å². The molecule has 1 fully saturated rings. The monoisotopic (exact) mass is 232 g/mol. The van der Waals surface area contributed by atoms with Crippen LogP contribution in [0.3, 0.4) is 0 Å². The number of ether oxygens (including phenoxy) is 1. The number of aromatic nitrogens is 3. The van der Waals surface area contributed by atoms with Crippen LogP contribution in [0, 0.1) is 0 Å². The summed E-state index contributed by atoms with van der Waals surface area (Å²) in [6.07, 6.45) is 8.17. The number of hydrogen-bond acceptors (Lipinski definition) is 4. The summed E-state index contributed by atoms with van der Waals surface area (Å²) in [6, 6.07) is 2.00. The smallest absolute Gasteiger partial charge is 0.155 e. The molecule has 0 saturated carbocycles. The molecule has 2 aromatic rings. The fourth-order valence-electron chi connectivity index (χ4n) is 2.24. The van der Waals surface area contributed by atoms with Gasteiger partial charge in [0.15, 0.2) is 5.65 Å². The van der Waals surface area contributed by atoms with Gasteiger partial charge in [0.1, 0.15) is 0 Å². The first-order valence-electron chi connectivity index (χ1n) is 6.03. The summed E-state index contributed by atoms with van der Waals surface area (Å²) in [5.41, 5.74) is 8.16. The predicted octanol–water partition coefficient (Wildman–Crippen LogP) is 1.42. The molecule has 0 aliphatic carbocycles. The Morgan fingerprint density at radius 1 is 1.47 bits per heavy atom. The van der Waals surface area contributed by atoms with Gasteiger partial charge in [0.2, 0.25) is 0 Å². The molecule has 1 atom stereocenters. The Morgan fingerprint density at radius 3 is 3.24 bits per heavy atom. The summed E-state index contributed by atoms with van der Waals surface area (Å²) in [6.45, 7) is 0.878. The van der Waals surface area contributed by atoms with Crippen molar-refractivity contribution in [2.75, 3.05) is 12.3 Å². The van der Waals surface area contributed by atoms with Crippen LogP contribution >= 0.6 is 0 Å². The van der Waals surface area contributed by atoms with E-state index in [9.17, 15) is 0 Å². The Hall–Kier alpha value is -1.62. The van der Waals surface area contributed by atoms with E-state index >= 15 is 0 Å². The molecule has 2 N–H and O–H groups in total. The zero-order valence-electron chi connectivity index (χ0n) is 9.67. The highest BCUT2D eigenvalue weighted by Gasteiger charge is 2.16. The molecular weight excluding hydrogens is 216 g/mol. The van der Waals surface area contributed by atoms with Crippen molar-refractivity contribution in [3.05, 3.63) is 24.2 Å². The quantitative estimate of drug-likeness (QED) is 0.850. The molecule has 0 bridgehead atoms. The second-order valence-electron chi connectivity index (χ2n) is 4.52. The largest absolute Gasteiger partial charge is 0.396 e. The van der Waals surface area contributed by atoms with Gasteiger partial charge in [-0.15, -0.1) is 0 Å². The van der Waals surface area contributed by atoms with E-state index in [1.54, 1.807) is 16.9 Å². The Bertz CT molecular complexity index is 516. The Kier molecular flexibility index (Phi) is 2.68. The average molecular weight is 232 g/mol. The summed E-state index contributed by atoms with van der Waals surface area (Å²) in [5.74, 6) is 0. The van der Waals surface area contributed by atoms with E-state index in [4.69, 9.17) is 10.5 Å². The number of nitrogens with two attached hydrogens (primary N) is 1. The zero-order valence-corrected chi connectivity index (χ0v) is 9.67. The third-order valence-electron chi connectivity index (χ3n) is 3.09. The first kappa shape index (κ1) is 10.5. The molecule has 17 heavy (non-hydrogen) atoms. The van der Waals surface area contributed by atoms with E-state index in [0.29, 0.717) is 11.8 Å². The van der Waals surface area contributed by atoms with Crippen molar-refractivity contribution in [1.82, 2.24) is 14.6 Å². The normalized spacial score (nSPS) is 20.8. The van der Waals surface area contributed by atoms with Crippen molar-refractivity contribution in [1.29, 1.82) is 0 Å². The molecule has 1 aliphatic heterocycles. The molecule has 1 aliphatic rings. The molecule has 5 nitrogen and oxygen atoms in total. The van der Waals surface area contributed by atoms with Crippen molar-refractivity contribution < 1.29 is 4.74 Å². The van der Waals surface area contributed by atoms with Crippen LogP contribution in [0.1, 0.15) is 25.0 Å². The maximum atomic E-state index is 5.71. The number of nitrogen functional groups attached to an aromatic ring is 1. The van der Waals surface area contributed by atoms with Gasteiger partial charge in [0.05, 0.1) is 29.9 Å². The van der Waals surface area contributed by atoms with Gasteiger partial charge in [-0.3, -0.25) is 0 Å². The van der Waals surface area contributed by atoms with Gasteiger partial charge < -0.3 is 10.5 Å². The minimum Gasteiger partial charge on any atom is -0.396 e. The number of hydrogen-bond donors (Lipinski definition) is 1. The van der Waals surface area contributed by atoms with Gasteiger partial charge in [0, 0.05) is 19.1 Å². The van der Waals surface area contributed by atoms with E-state index < -0.39 is 0 Å². The van der Waals surface area contributed by atoms with Crippen LogP contribution < -0.4 is 5.73 Å². The number of rotatable bonds is 2. The topological polar surface area (TPSA) is 65.4 Å². The van der Waals surface area contributed by atoms with Crippen LogP contribution in [0.15, 0.2) is 18.5 Å². The number of nitrogens with zero attached hydrogens (tertiary/aromatic N) is 3. The summed E-state index contributed by atoms with van der Waals surface area (Å²) in [5, 5.41) is 4.46. The average Bonchev–Trinajstić information content (AvgIpc) is 2.71. The molecule has 0 radical (unpaired) electrons. The molecule has 3 heterocycles. The van der Waals surface area contributed by atoms with Gasteiger partial charge in [0.25, 0.3) is 0 Å². The number of fused-ring (bicyclic) bond motifs is 1. The SMILES string of the molecule is Nc1cnc2cc(CC3CCCCO3)nn2c1. The Labute approximate surface area is 99.6 Å². The fraction of sp³-hybridized carbons (Fsp3) is 0.500. The highest BCUT2D eigenvalue weighted by atomic mass is 16.5. The first-order chi connectivity index (χ1) is 8.31. The Morgan fingerprint density at radius 2 is 2.41 bits per heavy atom. The van der Waals surface area contributed by atoms with Crippen LogP contribution in [0.5, 0.6) is 0 Å². The minimum absolute atomic E-state index is 0.311. The van der Waals surface area contributed by atoms with Crippen LogP contribution in [0.25, 0.3) is 5.65 Å². The standard InChI is InChI=1S/C12H16N4O/c13-9-7-14-12-6-10(15-16(12)8-9)5-11-3-1-2-4-17-11/h6-8,11H,1-5,13H2. The van der Waals surface area contributed by atoms with Crippen molar-refractivity contribution in [3.63, 3.8) is 0 Å². The third kappa shape index (κ3) is 2.24. The molecule has 2 aromatic heterocycles. The zero-order chi connectivity index (χ0) is 11.7. The van der Waals surface area contributed by atoms with Gasteiger partial charge >= 0.3 is 0 Å². The third-order valence-corrected chi connectivity index (χ3v) is 3.09. The van der Waals surface area contributed by atoms with E-state index in [0.717, 1.165) is 30.8 Å². The highest BCUT2D eigenvalue weighted by molar-refractivity contribution is 5.44. The second-order valence-corrected chi connectivity index (χ2v) is 4.52. The van der Waals surface area contributed by atoms with E-state index in [1.165, 1.54) is 12.8 Å². The molecule has 90 valence electrons. The maximum Gasteiger partial charge on any atom is 0.155 e. The summed E-state index contributed by atoms with van der Waals surface area (Å²) < 4.78 is 7.44. The van der Waals surface area contributed by atoms with Crippen LogP contribution in [-0.4, -0.2) is 27.3 Å². The molecule has 3 rings (SSSR count). The molecule has 1 saturated heterocycles. The van der Waals surface area contributed by atoms with E-state index in [1.807, 2.05) is 6.07 Å². The van der Waals surface area contributed by atoms with Gasteiger partial charge in [-0.25, -0.2) is 9.50 Å². The predicted molar refractivity (Wildman–Crippen MR) is 64.7 cm³/mol. The van der Waals surface area contributed by atoms with Crippen molar-refractivity contribution in [3.8, 4) is 0 Å². The Balaban J connectivity index is 1.80. The second kappa shape index (κ2) is 4.33. The highest BCUT2D eigenvalue weighted by Crippen LogP contribution is 2.17. The van der Waals surface area contributed by atoms with Crippen molar-refractivity contribution in [2.45, 2.75) is 31.8 Å². The first-order valence-corrected chi connectivity index (χ1v) is 6.03. The van der Waals surface area contributed by atoms with E-state index in [2.05, 4.69) is 10.1 Å². The lowest BCUT2D eigenvalue weighted by Crippen LogP contribution is -2.21. The van der Waals surface area contributed by atoms with Crippen LogP contribution in [0.4, 0.5) is 5.69 Å². The molecule has 0 amide bonds. The molecular formula is C12H16N4O. The van der Waals surface area contributed by atoms with Crippen LogP contribution in [-0.2, 0) is 11.2 Å². The van der Waals surface area contributed by atoms with E-state index in [-0.39, 0.29) is 0 Å². The lowest BCUT2D eigenvalue weighted by atomic mass is 10.1. The summed E-state index contributed by atoms with van der Waals surface area (Å²) in [7, 11) is 0. The lowest BCUT2D eigenvalue weighted by Gasteiger charge is -2.21. The molecule has 5 heteroatoms. The van der Waals surface area contributed by atoms with Crippen molar-refractivity contribution in [2.24, 2.45) is 0 Å².